The molecular formula is C19H22N6O3S. The average Bonchev–Trinajstić information content (AvgIpc) is 3.04. The van der Waals surface area contributed by atoms with Gasteiger partial charge >= 0.3 is 5.69 Å². The van der Waals surface area contributed by atoms with E-state index < -0.39 is 17.0 Å². The topological polar surface area (TPSA) is 129 Å². The molecule has 3 rings (SSSR count). The van der Waals surface area contributed by atoms with Crippen molar-refractivity contribution in [1.29, 1.82) is 0 Å². The summed E-state index contributed by atoms with van der Waals surface area (Å²) in [5, 5.41) is 8.76. The van der Waals surface area contributed by atoms with E-state index >= 15 is 0 Å². The molecule has 3 N–H and O–H groups in total. The van der Waals surface area contributed by atoms with Crippen molar-refractivity contribution in [2.75, 3.05) is 11.5 Å². The van der Waals surface area contributed by atoms with Crippen LogP contribution in [-0.4, -0.2) is 35.9 Å². The summed E-state index contributed by atoms with van der Waals surface area (Å²) >= 11 is 1.15. The third-order valence-corrected chi connectivity index (χ3v) is 5.31. The van der Waals surface area contributed by atoms with E-state index in [1.807, 2.05) is 49.6 Å². The smallest absolute Gasteiger partial charge is 0.329 e. The van der Waals surface area contributed by atoms with Crippen LogP contribution in [0, 0.1) is 13.8 Å². The van der Waals surface area contributed by atoms with Crippen molar-refractivity contribution < 1.29 is 4.79 Å². The van der Waals surface area contributed by atoms with Crippen LogP contribution in [0.2, 0.25) is 0 Å². The van der Waals surface area contributed by atoms with Crippen molar-refractivity contribution in [1.82, 2.24) is 24.3 Å². The minimum Gasteiger partial charge on any atom is -0.384 e. The van der Waals surface area contributed by atoms with Gasteiger partial charge in [-0.05, 0) is 32.4 Å². The molecule has 152 valence electrons. The van der Waals surface area contributed by atoms with Crippen LogP contribution >= 0.6 is 11.8 Å². The largest absolute Gasteiger partial charge is 0.384 e. The molecule has 29 heavy (non-hydrogen) atoms. The molecule has 0 saturated heterocycles. The number of ketones is 1. The second-order valence-corrected chi connectivity index (χ2v) is 7.53. The van der Waals surface area contributed by atoms with E-state index in [2.05, 4.69) is 15.2 Å². The van der Waals surface area contributed by atoms with E-state index in [1.165, 1.54) is 4.57 Å². The first-order chi connectivity index (χ1) is 13.8. The highest BCUT2D eigenvalue weighted by molar-refractivity contribution is 7.99. The van der Waals surface area contributed by atoms with Gasteiger partial charge in [-0.15, -0.1) is 10.2 Å². The Kier molecular flexibility index (Phi) is 6.02. The highest BCUT2D eigenvalue weighted by atomic mass is 32.2. The number of aromatic nitrogens is 5. The molecule has 10 heteroatoms. The van der Waals surface area contributed by atoms with Gasteiger partial charge in [0.15, 0.2) is 10.9 Å². The molecule has 0 saturated carbocycles. The normalized spacial score (nSPS) is 11.0. The van der Waals surface area contributed by atoms with Crippen LogP contribution in [0.15, 0.2) is 39.0 Å². The number of nitrogens with zero attached hydrogens (tertiary/aromatic N) is 4. The van der Waals surface area contributed by atoms with Crippen molar-refractivity contribution in [3.8, 4) is 5.69 Å². The number of hydrogen-bond donors (Lipinski definition) is 2. The first-order valence-corrected chi connectivity index (χ1v) is 10.1. The summed E-state index contributed by atoms with van der Waals surface area (Å²) < 4.78 is 3.04. The lowest BCUT2D eigenvalue weighted by Crippen LogP contribution is -2.36. The molecule has 1 aromatic carbocycles. The number of hydrogen-bond acceptors (Lipinski definition) is 7. The van der Waals surface area contributed by atoms with Gasteiger partial charge in [0, 0.05) is 12.2 Å². The fourth-order valence-electron chi connectivity index (χ4n) is 2.93. The fraction of sp³-hybridized carbons (Fsp3) is 0.316. The Morgan fingerprint density at radius 3 is 2.52 bits per heavy atom. The van der Waals surface area contributed by atoms with E-state index in [0.29, 0.717) is 23.9 Å². The van der Waals surface area contributed by atoms with E-state index in [1.54, 1.807) is 0 Å². The summed E-state index contributed by atoms with van der Waals surface area (Å²) in [7, 11) is 0. The Morgan fingerprint density at radius 1 is 1.17 bits per heavy atom. The predicted octanol–water partition coefficient (Wildman–Crippen LogP) is 1.70. The molecule has 0 spiro atoms. The van der Waals surface area contributed by atoms with Crippen LogP contribution in [0.5, 0.6) is 0 Å². The second kappa shape index (κ2) is 8.48. The molecule has 0 bridgehead atoms. The van der Waals surface area contributed by atoms with E-state index in [-0.39, 0.29) is 17.1 Å². The fourth-order valence-corrected chi connectivity index (χ4v) is 3.80. The summed E-state index contributed by atoms with van der Waals surface area (Å²) in [4.78, 5) is 39.0. The molecule has 0 fully saturated rings. The molecule has 0 aliphatic rings. The van der Waals surface area contributed by atoms with Crippen molar-refractivity contribution in [3.63, 3.8) is 0 Å². The SMILES string of the molecule is CCCn1c(N)c(C(=O)CSc2nnc(C)n2-c2ccc(C)cc2)c(=O)[nH]c1=O. The molecule has 9 nitrogen and oxygen atoms in total. The van der Waals surface area contributed by atoms with Gasteiger partial charge in [0.25, 0.3) is 5.56 Å². The number of benzene rings is 1. The summed E-state index contributed by atoms with van der Waals surface area (Å²) in [6, 6.07) is 7.85. The third-order valence-electron chi connectivity index (χ3n) is 4.39. The number of rotatable bonds is 7. The van der Waals surface area contributed by atoms with E-state index in [9.17, 15) is 14.4 Å². The quantitative estimate of drug-likeness (QED) is 0.445. The minimum atomic E-state index is -0.776. The zero-order valence-electron chi connectivity index (χ0n) is 16.4. The van der Waals surface area contributed by atoms with Crippen LogP contribution in [0.3, 0.4) is 0 Å². The van der Waals surface area contributed by atoms with Crippen LogP contribution in [0.4, 0.5) is 5.82 Å². The molecule has 0 amide bonds. The Labute approximate surface area is 171 Å². The van der Waals surface area contributed by atoms with Gasteiger partial charge in [-0.3, -0.25) is 23.7 Å². The molecule has 0 aliphatic carbocycles. The lowest BCUT2D eigenvalue weighted by atomic mass is 10.2. The minimum absolute atomic E-state index is 0.0679. The molecule has 0 aliphatic heterocycles. The lowest BCUT2D eigenvalue weighted by molar-refractivity contribution is 0.102. The van der Waals surface area contributed by atoms with Crippen molar-refractivity contribution in [3.05, 3.63) is 62.1 Å². The number of H-pyrrole nitrogens is 1. The molecule has 2 aromatic heterocycles. The maximum Gasteiger partial charge on any atom is 0.329 e. The first-order valence-electron chi connectivity index (χ1n) is 9.11. The number of carbonyl (C=O) groups is 1. The Balaban J connectivity index is 1.88. The molecule has 0 radical (unpaired) electrons. The van der Waals surface area contributed by atoms with Gasteiger partial charge in [-0.25, -0.2) is 4.79 Å². The van der Waals surface area contributed by atoms with Crippen molar-refractivity contribution in [2.24, 2.45) is 0 Å². The van der Waals surface area contributed by atoms with Crippen molar-refractivity contribution >= 4 is 23.4 Å². The van der Waals surface area contributed by atoms with Crippen LogP contribution in [0.25, 0.3) is 5.69 Å². The Hall–Kier alpha value is -3.14. The highest BCUT2D eigenvalue weighted by Gasteiger charge is 2.21. The molecule has 2 heterocycles. The monoisotopic (exact) mass is 414 g/mol. The number of aromatic amines is 1. The summed E-state index contributed by atoms with van der Waals surface area (Å²) in [6.45, 7) is 6.00. The predicted molar refractivity (Wildman–Crippen MR) is 112 cm³/mol. The molecular weight excluding hydrogens is 392 g/mol. The van der Waals surface area contributed by atoms with Crippen LogP contribution < -0.4 is 17.0 Å². The molecule has 3 aromatic rings. The molecule has 0 atom stereocenters. The number of nitrogens with two attached hydrogens (primary N) is 1. The Morgan fingerprint density at radius 2 is 1.86 bits per heavy atom. The molecule has 0 unspecified atom stereocenters. The number of thioether (sulfide) groups is 1. The zero-order chi connectivity index (χ0) is 21.1. The maximum atomic E-state index is 12.7. The van der Waals surface area contributed by atoms with Crippen LogP contribution in [-0.2, 0) is 6.54 Å². The summed E-state index contributed by atoms with van der Waals surface area (Å²) in [5.74, 6) is 0.0245. The number of nitrogen functional groups attached to an aromatic ring is 1. The number of Topliss-reactive ketones (excluding diaryl/α,β-unsaturated/α-hetero) is 1. The zero-order valence-corrected chi connectivity index (χ0v) is 17.2. The number of anilines is 1. The summed E-state index contributed by atoms with van der Waals surface area (Å²) in [5.41, 5.74) is 6.36. The van der Waals surface area contributed by atoms with Gasteiger partial charge < -0.3 is 5.73 Å². The van der Waals surface area contributed by atoms with Crippen molar-refractivity contribution in [2.45, 2.75) is 38.9 Å². The lowest BCUT2D eigenvalue weighted by Gasteiger charge is -2.11. The Bertz CT molecular complexity index is 1160. The first kappa shape index (κ1) is 20.6. The highest BCUT2D eigenvalue weighted by Crippen LogP contribution is 2.23. The van der Waals surface area contributed by atoms with Gasteiger partial charge in [0.1, 0.15) is 17.2 Å². The van der Waals surface area contributed by atoms with Gasteiger partial charge in [-0.2, -0.15) is 0 Å². The number of carbonyl (C=O) groups excluding carboxylic acids is 1. The van der Waals surface area contributed by atoms with Gasteiger partial charge in [0.2, 0.25) is 0 Å². The van der Waals surface area contributed by atoms with Crippen LogP contribution in [0.1, 0.15) is 35.1 Å². The third kappa shape index (κ3) is 4.16. The second-order valence-electron chi connectivity index (χ2n) is 6.58. The summed E-state index contributed by atoms with van der Waals surface area (Å²) in [6.07, 6.45) is 0.636. The van der Waals surface area contributed by atoms with Gasteiger partial charge in [0.05, 0.1) is 5.75 Å². The number of nitrogens with one attached hydrogen (secondary N) is 1. The van der Waals surface area contributed by atoms with Gasteiger partial charge in [-0.1, -0.05) is 36.4 Å². The average molecular weight is 414 g/mol. The van der Waals surface area contributed by atoms with E-state index in [4.69, 9.17) is 5.73 Å². The maximum absolute atomic E-state index is 12.7. The van der Waals surface area contributed by atoms with E-state index in [0.717, 1.165) is 23.0 Å². The standard InChI is InChI=1S/C19H22N6O3S/c1-4-9-24-16(20)15(17(27)21-18(24)28)14(26)10-29-19-23-22-12(3)25(19)13-7-5-11(2)6-8-13/h5-8H,4,9-10,20H2,1-3H3,(H,21,27,28). The number of aryl methyl sites for hydroxylation is 2.